The Balaban J connectivity index is 2.34. The molecule has 1 saturated heterocycles. The van der Waals surface area contributed by atoms with Crippen molar-refractivity contribution >= 4 is 35.3 Å². The number of thioether (sulfide) groups is 2. The smallest absolute Gasteiger partial charge is 0.260 e. The van der Waals surface area contributed by atoms with Crippen LogP contribution in [-0.4, -0.2) is 50.9 Å². The quantitative estimate of drug-likeness (QED) is 0.614. The number of amides is 2. The maximum Gasteiger partial charge on any atom is 0.260 e. The molecule has 1 heterocycles. The molecule has 1 aromatic rings. The molecule has 2 amide bonds. The number of piperazine rings is 1. The minimum atomic E-state index is -1.37. The fourth-order valence-electron chi connectivity index (χ4n) is 2.27. The lowest BCUT2D eigenvalue weighted by Gasteiger charge is -2.43. The molecular formula is C14H18N2O4S2. The first-order chi connectivity index (χ1) is 10.4. The number of para-hydroxylation sites is 1. The number of carbonyl (C=O) groups is 2. The van der Waals surface area contributed by atoms with Gasteiger partial charge in [-0.3, -0.25) is 9.59 Å². The number of aliphatic hydroxyl groups excluding tert-OH is 1. The highest BCUT2D eigenvalue weighted by atomic mass is 32.2. The Morgan fingerprint density at radius 3 is 2.14 bits per heavy atom. The molecule has 8 heteroatoms. The number of carbonyl (C=O) groups excluding carboxylic acids is 2. The summed E-state index contributed by atoms with van der Waals surface area (Å²) in [5, 5.41) is 24.7. The molecule has 4 N–H and O–H groups in total. The van der Waals surface area contributed by atoms with Gasteiger partial charge in [-0.25, -0.2) is 0 Å². The summed E-state index contributed by atoms with van der Waals surface area (Å²) in [5.41, 5.74) is 0.563. The Labute approximate surface area is 137 Å². The van der Waals surface area contributed by atoms with Gasteiger partial charge in [-0.2, -0.15) is 0 Å². The summed E-state index contributed by atoms with van der Waals surface area (Å²) in [6.45, 7) is -0.493. The molecule has 2 rings (SSSR count). The van der Waals surface area contributed by atoms with Gasteiger partial charge in [0.25, 0.3) is 11.8 Å². The molecule has 0 bridgehead atoms. The van der Waals surface area contributed by atoms with E-state index in [0.717, 1.165) is 11.8 Å². The zero-order chi connectivity index (χ0) is 16.4. The number of rotatable bonds is 5. The third kappa shape index (κ3) is 2.78. The van der Waals surface area contributed by atoms with Crippen molar-refractivity contribution in [3.05, 3.63) is 29.8 Å². The van der Waals surface area contributed by atoms with Crippen LogP contribution in [0, 0.1) is 0 Å². The van der Waals surface area contributed by atoms with Crippen LogP contribution in [0.3, 0.4) is 0 Å². The van der Waals surface area contributed by atoms with E-state index in [2.05, 4.69) is 10.6 Å². The zero-order valence-corrected chi connectivity index (χ0v) is 13.9. The molecule has 0 spiro atoms. The minimum Gasteiger partial charge on any atom is -0.508 e. The van der Waals surface area contributed by atoms with Crippen molar-refractivity contribution in [2.24, 2.45) is 0 Å². The molecule has 0 saturated carbocycles. The summed E-state index contributed by atoms with van der Waals surface area (Å²) in [5.74, 6) is -0.778. The lowest BCUT2D eigenvalue weighted by molar-refractivity contribution is -0.140. The van der Waals surface area contributed by atoms with Crippen LogP contribution in [0.2, 0.25) is 0 Å². The highest BCUT2D eigenvalue weighted by Crippen LogP contribution is 2.34. The summed E-state index contributed by atoms with van der Waals surface area (Å²) < 4.78 is 0. The van der Waals surface area contributed by atoms with Crippen molar-refractivity contribution in [2.75, 3.05) is 19.1 Å². The number of phenols is 1. The molecule has 1 aliphatic rings. The molecule has 22 heavy (non-hydrogen) atoms. The number of hydrogen-bond donors (Lipinski definition) is 4. The van der Waals surface area contributed by atoms with E-state index in [4.69, 9.17) is 0 Å². The summed E-state index contributed by atoms with van der Waals surface area (Å²) >= 11 is 2.26. The second kappa shape index (κ2) is 6.39. The third-order valence-electron chi connectivity index (χ3n) is 3.72. The first-order valence-electron chi connectivity index (χ1n) is 6.56. The molecule has 0 aromatic heterocycles. The Bertz CT molecular complexity index is 592. The van der Waals surface area contributed by atoms with Crippen LogP contribution in [0.15, 0.2) is 24.3 Å². The van der Waals surface area contributed by atoms with E-state index in [-0.39, 0.29) is 12.2 Å². The van der Waals surface area contributed by atoms with Crippen molar-refractivity contribution in [3.63, 3.8) is 0 Å². The number of aromatic hydroxyl groups is 1. The maximum atomic E-state index is 12.6. The molecule has 1 fully saturated rings. The number of benzene rings is 1. The van der Waals surface area contributed by atoms with Gasteiger partial charge < -0.3 is 20.8 Å². The summed E-state index contributed by atoms with van der Waals surface area (Å²) in [4.78, 5) is 22.4. The SMILES string of the molecule is CS[C@@]1(CO)NC(=O)[C@@](Cc2ccccc2O)(SC)NC1=O. The fraction of sp³-hybridized carbons (Fsp3) is 0.429. The van der Waals surface area contributed by atoms with Crippen molar-refractivity contribution in [3.8, 4) is 5.75 Å². The van der Waals surface area contributed by atoms with Gasteiger partial charge in [-0.05, 0) is 24.1 Å². The maximum absolute atomic E-state index is 12.6. The van der Waals surface area contributed by atoms with E-state index in [1.807, 2.05) is 0 Å². The van der Waals surface area contributed by atoms with Crippen LogP contribution in [0.1, 0.15) is 5.56 Å². The molecule has 1 aliphatic heterocycles. The Morgan fingerprint density at radius 1 is 1.05 bits per heavy atom. The van der Waals surface area contributed by atoms with Gasteiger partial charge in [0.2, 0.25) is 0 Å². The van der Waals surface area contributed by atoms with Gasteiger partial charge >= 0.3 is 0 Å². The number of aliphatic hydroxyl groups is 1. The molecule has 0 unspecified atom stereocenters. The topological polar surface area (TPSA) is 98.7 Å². The molecule has 0 radical (unpaired) electrons. The zero-order valence-electron chi connectivity index (χ0n) is 12.3. The van der Waals surface area contributed by atoms with Crippen molar-refractivity contribution in [1.29, 1.82) is 0 Å². The van der Waals surface area contributed by atoms with Crippen LogP contribution < -0.4 is 10.6 Å². The first-order valence-corrected chi connectivity index (χ1v) is 9.01. The highest BCUT2D eigenvalue weighted by Gasteiger charge is 2.53. The van der Waals surface area contributed by atoms with Gasteiger partial charge in [0, 0.05) is 6.42 Å². The standard InChI is InChI=1S/C14H18N2O4S2/c1-21-13(7-9-5-3-4-6-10(9)18)11(19)16-14(8-17,22-2)12(20)15-13/h3-6,17-18H,7-8H2,1-2H3,(H,15,20)(H,16,19)/t13-,14-/m1/s1. The lowest BCUT2D eigenvalue weighted by atomic mass is 10.0. The monoisotopic (exact) mass is 342 g/mol. The van der Waals surface area contributed by atoms with Gasteiger partial charge in [0.15, 0.2) is 9.74 Å². The van der Waals surface area contributed by atoms with Crippen LogP contribution >= 0.6 is 23.5 Å². The van der Waals surface area contributed by atoms with E-state index in [1.54, 1.807) is 30.7 Å². The van der Waals surface area contributed by atoms with Crippen LogP contribution in [0.4, 0.5) is 0 Å². The van der Waals surface area contributed by atoms with Crippen molar-refractivity contribution in [2.45, 2.75) is 16.2 Å². The second-order valence-corrected chi connectivity index (χ2v) is 7.14. The van der Waals surface area contributed by atoms with E-state index in [1.165, 1.54) is 17.8 Å². The molecule has 2 atom stereocenters. The van der Waals surface area contributed by atoms with E-state index in [0.29, 0.717) is 5.56 Å². The summed E-state index contributed by atoms with van der Waals surface area (Å²) in [6.07, 6.45) is 3.50. The largest absolute Gasteiger partial charge is 0.508 e. The van der Waals surface area contributed by atoms with E-state index < -0.39 is 28.2 Å². The second-order valence-electron chi connectivity index (χ2n) is 4.93. The predicted octanol–water partition coefficient (Wildman–Crippen LogP) is 0.292. The first kappa shape index (κ1) is 17.0. The molecule has 1 aromatic carbocycles. The van der Waals surface area contributed by atoms with Gasteiger partial charge in [0.05, 0.1) is 6.61 Å². The number of phenolic OH excluding ortho intramolecular Hbond substituents is 1. The molecule has 6 nitrogen and oxygen atoms in total. The highest BCUT2D eigenvalue weighted by molar-refractivity contribution is 8.01. The molecular weight excluding hydrogens is 324 g/mol. The van der Waals surface area contributed by atoms with Crippen LogP contribution in [0.25, 0.3) is 0 Å². The van der Waals surface area contributed by atoms with Gasteiger partial charge in [0.1, 0.15) is 5.75 Å². The van der Waals surface area contributed by atoms with Crippen LogP contribution in [-0.2, 0) is 16.0 Å². The predicted molar refractivity (Wildman–Crippen MR) is 87.7 cm³/mol. The molecule has 120 valence electrons. The number of nitrogens with one attached hydrogen (secondary N) is 2. The summed E-state index contributed by atoms with van der Waals surface area (Å²) in [6, 6.07) is 6.68. The Hall–Kier alpha value is -1.38. The van der Waals surface area contributed by atoms with Crippen LogP contribution in [0.5, 0.6) is 5.75 Å². The van der Waals surface area contributed by atoms with Gasteiger partial charge in [-0.15, -0.1) is 23.5 Å². The normalized spacial score (nSPS) is 28.1. The minimum absolute atomic E-state index is 0.0711. The Morgan fingerprint density at radius 2 is 1.59 bits per heavy atom. The third-order valence-corrected chi connectivity index (χ3v) is 5.96. The average molecular weight is 342 g/mol. The van der Waals surface area contributed by atoms with E-state index >= 15 is 0 Å². The molecule has 0 aliphatic carbocycles. The summed E-state index contributed by atoms with van der Waals surface area (Å²) in [7, 11) is 0. The Kier molecular flexibility index (Phi) is 4.93. The fourth-order valence-corrected chi connectivity index (χ4v) is 3.56. The average Bonchev–Trinajstić information content (AvgIpc) is 2.52. The van der Waals surface area contributed by atoms with Crippen molar-refractivity contribution in [1.82, 2.24) is 10.6 Å². The van der Waals surface area contributed by atoms with Gasteiger partial charge in [-0.1, -0.05) is 18.2 Å². The van der Waals surface area contributed by atoms with E-state index in [9.17, 15) is 19.8 Å². The number of hydrogen-bond acceptors (Lipinski definition) is 6. The van der Waals surface area contributed by atoms with Crippen molar-refractivity contribution < 1.29 is 19.8 Å². The lowest BCUT2D eigenvalue weighted by Crippen LogP contribution is -2.74.